The molecule has 2 aliphatic rings. The number of nitrogens with zero attached hydrogens (tertiary/aromatic N) is 4. The number of aromatic nitrogens is 3. The molecule has 2 aromatic rings. The summed E-state index contributed by atoms with van der Waals surface area (Å²) in [5, 5.41) is 3.43. The van der Waals surface area contributed by atoms with Crippen molar-refractivity contribution in [2.24, 2.45) is 7.05 Å². The van der Waals surface area contributed by atoms with Gasteiger partial charge < -0.3 is 0 Å². The topological polar surface area (TPSA) is 68.1 Å². The largest absolute Gasteiger partial charge is 0.443 e. The van der Waals surface area contributed by atoms with E-state index in [9.17, 15) is 22.8 Å². The third-order valence-electron chi connectivity index (χ3n) is 5.32. The van der Waals surface area contributed by atoms with E-state index in [4.69, 9.17) is 0 Å². The molecule has 10 heteroatoms. The number of anilines is 1. The number of thiazole rings is 1. The first-order valence-electron chi connectivity index (χ1n) is 9.17. The summed E-state index contributed by atoms with van der Waals surface area (Å²) in [4.78, 5) is 30.7. The van der Waals surface area contributed by atoms with Crippen molar-refractivity contribution < 1.29 is 22.8 Å². The number of hydrogen-bond donors (Lipinski definition) is 0. The number of imide groups is 1. The number of carbonyl (C=O) groups is 2. The molecule has 0 aromatic carbocycles. The fraction of sp³-hybridized carbons (Fsp3) is 0.300. The second-order valence-electron chi connectivity index (χ2n) is 7.05. The Labute approximate surface area is 174 Å². The lowest BCUT2D eigenvalue weighted by atomic mass is 9.79. The van der Waals surface area contributed by atoms with Crippen LogP contribution in [-0.4, -0.2) is 26.6 Å². The van der Waals surface area contributed by atoms with Crippen LogP contribution in [0.1, 0.15) is 35.8 Å². The zero-order valence-corrected chi connectivity index (χ0v) is 16.8. The van der Waals surface area contributed by atoms with Crippen molar-refractivity contribution in [2.45, 2.75) is 31.4 Å². The van der Waals surface area contributed by atoms with Crippen LogP contribution < -0.4 is 4.90 Å². The Balaban J connectivity index is 1.88. The average molecular weight is 434 g/mol. The normalized spacial score (nSPS) is 17.7. The lowest BCUT2D eigenvalue weighted by Gasteiger charge is -2.28. The molecule has 0 atom stereocenters. The highest BCUT2D eigenvalue weighted by Gasteiger charge is 2.43. The van der Waals surface area contributed by atoms with Gasteiger partial charge in [-0.15, -0.1) is 11.3 Å². The molecule has 2 amide bonds. The molecule has 0 radical (unpaired) electrons. The summed E-state index contributed by atoms with van der Waals surface area (Å²) in [5.74, 6) is -0.857. The molecule has 0 saturated heterocycles. The monoisotopic (exact) mass is 434 g/mol. The molecule has 3 heterocycles. The molecule has 0 spiro atoms. The highest BCUT2D eigenvalue weighted by molar-refractivity contribution is 7.15. The number of aryl methyl sites for hydroxylation is 1. The van der Waals surface area contributed by atoms with E-state index in [1.807, 2.05) is 0 Å². The van der Waals surface area contributed by atoms with Gasteiger partial charge in [-0.2, -0.15) is 18.3 Å². The Morgan fingerprint density at radius 1 is 1.17 bits per heavy atom. The van der Waals surface area contributed by atoms with E-state index < -0.39 is 23.0 Å². The minimum atomic E-state index is -4.56. The number of hydrogen-bond acceptors (Lipinski definition) is 5. The second kappa shape index (κ2) is 7.05. The highest BCUT2D eigenvalue weighted by atomic mass is 32.1. The Hall–Kier alpha value is -3.01. The van der Waals surface area contributed by atoms with Crippen molar-refractivity contribution in [3.05, 3.63) is 53.2 Å². The predicted octanol–water partition coefficient (Wildman–Crippen LogP) is 4.37. The molecule has 6 nitrogen and oxygen atoms in total. The Bertz CT molecular complexity index is 1090. The maximum Gasteiger partial charge on any atom is 0.443 e. The zero-order valence-electron chi connectivity index (χ0n) is 16.0. The molecule has 4 rings (SSSR count). The minimum Gasteiger partial charge on any atom is -0.268 e. The lowest BCUT2D eigenvalue weighted by Crippen LogP contribution is -2.34. The van der Waals surface area contributed by atoms with Crippen molar-refractivity contribution in [2.75, 3.05) is 4.90 Å². The van der Waals surface area contributed by atoms with Gasteiger partial charge in [0.2, 0.25) is 0 Å². The average Bonchev–Trinajstić information content (AvgIpc) is 3.30. The van der Waals surface area contributed by atoms with E-state index in [2.05, 4.69) is 23.2 Å². The van der Waals surface area contributed by atoms with Crippen LogP contribution in [0.25, 0.3) is 10.6 Å². The van der Waals surface area contributed by atoms with Crippen LogP contribution in [0.3, 0.4) is 0 Å². The van der Waals surface area contributed by atoms with Crippen LogP contribution in [0.2, 0.25) is 0 Å². The van der Waals surface area contributed by atoms with Gasteiger partial charge >= 0.3 is 6.18 Å². The van der Waals surface area contributed by atoms with E-state index >= 15 is 0 Å². The van der Waals surface area contributed by atoms with Crippen LogP contribution in [-0.2, 0) is 22.8 Å². The summed E-state index contributed by atoms with van der Waals surface area (Å²) in [6, 6.07) is 0. The fourth-order valence-electron chi connectivity index (χ4n) is 3.72. The number of rotatable bonds is 5. The van der Waals surface area contributed by atoms with Gasteiger partial charge in [0.15, 0.2) is 5.01 Å². The number of amides is 2. The standard InChI is InChI=1S/C20H17F3N4O2S/c1-4-11-12(5-2)18(29)27(17(11)28)16-14(10-7-6-8-10)15(25-26(16)3)13-9-24-19(30-13)20(21,22)23/h4-5,9-10H,1-2,6-8H2,3H3. The number of alkyl halides is 3. The van der Waals surface area contributed by atoms with Gasteiger partial charge in [-0.1, -0.05) is 31.7 Å². The first-order chi connectivity index (χ1) is 14.2. The molecule has 30 heavy (non-hydrogen) atoms. The zero-order chi connectivity index (χ0) is 21.8. The minimum absolute atomic E-state index is 0.0132. The van der Waals surface area contributed by atoms with Crippen LogP contribution in [0, 0.1) is 0 Å². The van der Waals surface area contributed by atoms with Crippen molar-refractivity contribution >= 4 is 29.0 Å². The molecule has 1 fully saturated rings. The first-order valence-corrected chi connectivity index (χ1v) is 9.98. The summed E-state index contributed by atoms with van der Waals surface area (Å²) in [5.41, 5.74) is 1.18. The molecule has 156 valence electrons. The van der Waals surface area contributed by atoms with Crippen LogP contribution in [0.4, 0.5) is 19.0 Å². The molecule has 2 aromatic heterocycles. The van der Waals surface area contributed by atoms with Crippen LogP contribution in [0.5, 0.6) is 0 Å². The number of carbonyl (C=O) groups excluding carboxylic acids is 2. The Morgan fingerprint density at radius 3 is 2.20 bits per heavy atom. The molecule has 0 bridgehead atoms. The molecule has 1 aliphatic carbocycles. The third-order valence-corrected chi connectivity index (χ3v) is 6.37. The van der Waals surface area contributed by atoms with Gasteiger partial charge in [-0.3, -0.25) is 14.3 Å². The van der Waals surface area contributed by atoms with E-state index in [1.165, 1.54) is 16.8 Å². The lowest BCUT2D eigenvalue weighted by molar-refractivity contribution is -0.137. The summed E-state index contributed by atoms with van der Waals surface area (Å²) in [7, 11) is 1.56. The summed E-state index contributed by atoms with van der Waals surface area (Å²) < 4.78 is 40.5. The summed E-state index contributed by atoms with van der Waals surface area (Å²) in [6.45, 7) is 7.20. The van der Waals surface area contributed by atoms with Gasteiger partial charge in [0.1, 0.15) is 11.5 Å². The molecule has 1 saturated carbocycles. The SMILES string of the molecule is C=CC1=C(C=C)C(=O)N(c2c(C3CCC3)c(-c3cnc(C(F)(F)F)s3)nn2C)C1=O. The van der Waals surface area contributed by atoms with Gasteiger partial charge in [0.05, 0.1) is 16.0 Å². The summed E-state index contributed by atoms with van der Waals surface area (Å²) >= 11 is 0.492. The second-order valence-corrected chi connectivity index (χ2v) is 8.08. The third kappa shape index (κ3) is 2.94. The smallest absolute Gasteiger partial charge is 0.268 e. The Morgan fingerprint density at radius 2 is 1.77 bits per heavy atom. The van der Waals surface area contributed by atoms with Crippen LogP contribution in [0.15, 0.2) is 42.7 Å². The Kier molecular flexibility index (Phi) is 4.76. The quantitative estimate of drug-likeness (QED) is 0.656. The fourth-order valence-corrected chi connectivity index (χ4v) is 4.50. The number of halogens is 3. The molecular formula is C20H17F3N4O2S. The maximum atomic E-state index is 13.1. The van der Waals surface area contributed by atoms with Gasteiger partial charge in [-0.05, 0) is 18.8 Å². The predicted molar refractivity (Wildman–Crippen MR) is 106 cm³/mol. The van der Waals surface area contributed by atoms with E-state index in [-0.39, 0.29) is 27.8 Å². The van der Waals surface area contributed by atoms with Gasteiger partial charge in [0, 0.05) is 18.8 Å². The molecule has 0 N–H and O–H groups in total. The van der Waals surface area contributed by atoms with Gasteiger partial charge in [-0.25, -0.2) is 9.88 Å². The van der Waals surface area contributed by atoms with Crippen molar-refractivity contribution in [3.63, 3.8) is 0 Å². The highest BCUT2D eigenvalue weighted by Crippen LogP contribution is 2.48. The van der Waals surface area contributed by atoms with Gasteiger partial charge in [0.25, 0.3) is 11.8 Å². The van der Waals surface area contributed by atoms with Crippen molar-refractivity contribution in [1.82, 2.24) is 14.8 Å². The molecule has 1 aliphatic heterocycles. The van der Waals surface area contributed by atoms with E-state index in [0.29, 0.717) is 22.6 Å². The van der Waals surface area contributed by atoms with Crippen molar-refractivity contribution in [3.8, 4) is 10.6 Å². The van der Waals surface area contributed by atoms with Crippen LogP contribution >= 0.6 is 11.3 Å². The molecular weight excluding hydrogens is 417 g/mol. The van der Waals surface area contributed by atoms with E-state index in [1.54, 1.807) is 7.05 Å². The van der Waals surface area contributed by atoms with E-state index in [0.717, 1.165) is 30.4 Å². The van der Waals surface area contributed by atoms with Crippen molar-refractivity contribution in [1.29, 1.82) is 0 Å². The molecule has 0 unspecified atom stereocenters. The summed E-state index contributed by atoms with van der Waals surface area (Å²) in [6.07, 6.45) is 1.72. The first kappa shape index (κ1) is 20.3. The maximum absolute atomic E-state index is 13.1.